The van der Waals surface area contributed by atoms with Crippen molar-refractivity contribution in [2.75, 3.05) is 0 Å². The zero-order valence-electron chi connectivity index (χ0n) is 20.3. The lowest BCUT2D eigenvalue weighted by molar-refractivity contribution is -0.0199. The minimum atomic E-state index is -3.79. The van der Waals surface area contributed by atoms with Crippen molar-refractivity contribution in [3.8, 4) is 5.75 Å². The standard InChI is InChI=1S/C26H43O4P/c1-18(2)23-14-12-20(5)16-25(23)29-31(27,28-22-10-8-7-9-11-22)30-26-17-21(6)13-15-24(26)19(3)4/h7-11,18-21,23-26H,12-17H2,1-6H3/t20-,21-,23+,24+,25-,26-/m1/s1. The first-order valence-electron chi connectivity index (χ1n) is 12.4. The fourth-order valence-electron chi connectivity index (χ4n) is 5.48. The van der Waals surface area contributed by atoms with Gasteiger partial charge in [-0.3, -0.25) is 9.05 Å². The van der Waals surface area contributed by atoms with Gasteiger partial charge in [-0.25, -0.2) is 4.57 Å². The number of phosphoric acid groups is 1. The Balaban J connectivity index is 1.86. The molecule has 176 valence electrons. The molecule has 0 N–H and O–H groups in total. The zero-order valence-corrected chi connectivity index (χ0v) is 21.2. The third kappa shape index (κ3) is 6.83. The SMILES string of the molecule is CC(C)[C@@H]1CC[C@@H](C)C[C@H]1OP(=O)(Oc1ccccc1)O[C@@H]1C[C@H](C)CC[C@H]1C(C)C. The predicted octanol–water partition coefficient (Wildman–Crippen LogP) is 8.13. The lowest BCUT2D eigenvalue weighted by Gasteiger charge is -2.41. The number of hydrogen-bond donors (Lipinski definition) is 0. The molecule has 1 aromatic carbocycles. The molecule has 0 amide bonds. The maximum absolute atomic E-state index is 14.2. The third-order valence-electron chi connectivity index (χ3n) is 7.41. The molecule has 0 unspecified atom stereocenters. The highest BCUT2D eigenvalue weighted by Crippen LogP contribution is 2.56. The van der Waals surface area contributed by atoms with Crippen molar-refractivity contribution in [1.82, 2.24) is 0 Å². The van der Waals surface area contributed by atoms with E-state index in [1.54, 1.807) is 0 Å². The van der Waals surface area contributed by atoms with Gasteiger partial charge in [0, 0.05) is 0 Å². The Bertz CT molecular complexity index is 681. The lowest BCUT2D eigenvalue weighted by Crippen LogP contribution is -2.37. The molecular formula is C26H43O4P. The fraction of sp³-hybridized carbons (Fsp3) is 0.769. The maximum atomic E-state index is 14.2. The summed E-state index contributed by atoms with van der Waals surface area (Å²) in [4.78, 5) is 0. The van der Waals surface area contributed by atoms with Crippen LogP contribution in [0.3, 0.4) is 0 Å². The van der Waals surface area contributed by atoms with Gasteiger partial charge in [0.1, 0.15) is 5.75 Å². The van der Waals surface area contributed by atoms with Crippen LogP contribution in [0.25, 0.3) is 0 Å². The van der Waals surface area contributed by atoms with E-state index in [1.165, 1.54) is 12.8 Å². The second kappa shape index (κ2) is 10.9. The first-order valence-corrected chi connectivity index (χ1v) is 13.8. The van der Waals surface area contributed by atoms with Crippen LogP contribution in [0, 0.1) is 35.5 Å². The lowest BCUT2D eigenvalue weighted by atomic mass is 9.75. The smallest absolute Gasteiger partial charge is 0.404 e. The van der Waals surface area contributed by atoms with E-state index in [0.29, 0.717) is 41.3 Å². The van der Waals surface area contributed by atoms with Gasteiger partial charge in [-0.05, 0) is 73.3 Å². The van der Waals surface area contributed by atoms with Crippen LogP contribution in [0.1, 0.15) is 80.1 Å². The molecule has 6 atom stereocenters. The molecule has 2 aliphatic rings. The molecule has 0 radical (unpaired) electrons. The van der Waals surface area contributed by atoms with Crippen LogP contribution in [-0.4, -0.2) is 12.2 Å². The molecule has 0 aliphatic heterocycles. The van der Waals surface area contributed by atoms with Crippen LogP contribution < -0.4 is 4.52 Å². The van der Waals surface area contributed by atoms with Crippen molar-refractivity contribution in [2.45, 2.75) is 92.3 Å². The highest BCUT2D eigenvalue weighted by Gasteiger charge is 2.44. The molecule has 31 heavy (non-hydrogen) atoms. The third-order valence-corrected chi connectivity index (χ3v) is 8.90. The van der Waals surface area contributed by atoms with Gasteiger partial charge >= 0.3 is 7.82 Å². The number of benzene rings is 1. The Hall–Kier alpha value is -0.830. The van der Waals surface area contributed by atoms with E-state index in [4.69, 9.17) is 13.6 Å². The van der Waals surface area contributed by atoms with Gasteiger partial charge in [0.25, 0.3) is 0 Å². The summed E-state index contributed by atoms with van der Waals surface area (Å²) in [6.07, 6.45) is 6.21. The first-order chi connectivity index (χ1) is 14.7. The average molecular weight is 451 g/mol. The molecule has 5 heteroatoms. The molecule has 1 aromatic rings. The van der Waals surface area contributed by atoms with Gasteiger partial charge in [0.05, 0.1) is 12.2 Å². The molecule has 4 nitrogen and oxygen atoms in total. The summed E-state index contributed by atoms with van der Waals surface area (Å²) >= 11 is 0. The van der Waals surface area contributed by atoms with E-state index in [9.17, 15) is 4.57 Å². The summed E-state index contributed by atoms with van der Waals surface area (Å²) in [5.41, 5.74) is 0. The van der Waals surface area contributed by atoms with E-state index in [1.807, 2.05) is 30.3 Å². The van der Waals surface area contributed by atoms with Crippen molar-refractivity contribution < 1.29 is 18.1 Å². The van der Waals surface area contributed by atoms with Gasteiger partial charge < -0.3 is 4.52 Å². The van der Waals surface area contributed by atoms with E-state index >= 15 is 0 Å². The normalized spacial score (nSPS) is 32.4. The van der Waals surface area contributed by atoms with E-state index in [0.717, 1.165) is 25.7 Å². The highest BCUT2D eigenvalue weighted by atomic mass is 31.2. The average Bonchev–Trinajstić information content (AvgIpc) is 2.68. The number of hydrogen-bond acceptors (Lipinski definition) is 4. The van der Waals surface area contributed by atoms with Crippen LogP contribution >= 0.6 is 7.82 Å². The minimum absolute atomic E-state index is 0.100. The Morgan fingerprint density at radius 1 is 0.774 bits per heavy atom. The summed E-state index contributed by atoms with van der Waals surface area (Å²) in [7, 11) is -3.79. The van der Waals surface area contributed by atoms with Gasteiger partial charge in [-0.2, -0.15) is 0 Å². The molecule has 0 saturated heterocycles. The summed E-state index contributed by atoms with van der Waals surface area (Å²) in [5.74, 6) is 3.35. The summed E-state index contributed by atoms with van der Waals surface area (Å²) in [6, 6.07) is 9.35. The minimum Gasteiger partial charge on any atom is -0.404 e. The summed E-state index contributed by atoms with van der Waals surface area (Å²) < 4.78 is 33.1. The molecule has 0 heterocycles. The Kier molecular flexibility index (Phi) is 8.69. The van der Waals surface area contributed by atoms with E-state index in [-0.39, 0.29) is 12.2 Å². The Morgan fingerprint density at radius 2 is 1.23 bits per heavy atom. The highest BCUT2D eigenvalue weighted by molar-refractivity contribution is 7.49. The maximum Gasteiger partial charge on any atom is 0.530 e. The van der Waals surface area contributed by atoms with Crippen molar-refractivity contribution in [2.24, 2.45) is 35.5 Å². The second-order valence-corrected chi connectivity index (χ2v) is 12.3. The van der Waals surface area contributed by atoms with E-state index in [2.05, 4.69) is 41.5 Å². The topological polar surface area (TPSA) is 44.8 Å². The number of rotatable bonds is 8. The van der Waals surface area contributed by atoms with Crippen LogP contribution in [0.15, 0.2) is 30.3 Å². The Morgan fingerprint density at radius 3 is 1.65 bits per heavy atom. The van der Waals surface area contributed by atoms with E-state index < -0.39 is 7.82 Å². The summed E-state index contributed by atoms with van der Waals surface area (Å²) in [6.45, 7) is 13.5. The number of para-hydroxylation sites is 1. The van der Waals surface area contributed by atoms with Crippen molar-refractivity contribution in [3.63, 3.8) is 0 Å². The molecule has 0 aromatic heterocycles. The largest absolute Gasteiger partial charge is 0.530 e. The fourth-order valence-corrected chi connectivity index (χ4v) is 7.15. The van der Waals surface area contributed by atoms with Crippen LogP contribution in [0.4, 0.5) is 0 Å². The summed E-state index contributed by atoms with van der Waals surface area (Å²) in [5, 5.41) is 0. The second-order valence-electron chi connectivity index (χ2n) is 10.8. The predicted molar refractivity (Wildman–Crippen MR) is 127 cm³/mol. The van der Waals surface area contributed by atoms with Gasteiger partial charge in [-0.1, -0.05) is 72.6 Å². The van der Waals surface area contributed by atoms with Crippen LogP contribution in [-0.2, 0) is 13.6 Å². The molecule has 2 saturated carbocycles. The first kappa shape index (κ1) is 24.8. The van der Waals surface area contributed by atoms with Crippen molar-refractivity contribution >= 4 is 7.82 Å². The molecule has 0 bridgehead atoms. The van der Waals surface area contributed by atoms with Crippen LogP contribution in [0.5, 0.6) is 5.75 Å². The van der Waals surface area contributed by atoms with Gasteiger partial charge in [0.2, 0.25) is 0 Å². The monoisotopic (exact) mass is 450 g/mol. The molecule has 3 rings (SSSR count). The molecule has 2 aliphatic carbocycles. The quantitative estimate of drug-likeness (QED) is 0.375. The zero-order chi connectivity index (χ0) is 22.6. The van der Waals surface area contributed by atoms with Gasteiger partial charge in [0.15, 0.2) is 0 Å². The molecule has 0 spiro atoms. The van der Waals surface area contributed by atoms with Crippen LogP contribution in [0.2, 0.25) is 0 Å². The van der Waals surface area contributed by atoms with Crippen molar-refractivity contribution in [1.29, 1.82) is 0 Å². The molecular weight excluding hydrogens is 407 g/mol. The Labute approximate surface area is 190 Å². The van der Waals surface area contributed by atoms with Gasteiger partial charge in [-0.15, -0.1) is 0 Å². The number of phosphoric ester groups is 1. The molecule has 2 fully saturated rings. The van der Waals surface area contributed by atoms with Crippen molar-refractivity contribution in [3.05, 3.63) is 30.3 Å².